The second-order valence-corrected chi connectivity index (χ2v) is 5.49. The molecule has 1 N–H and O–H groups in total. The first-order chi connectivity index (χ1) is 8.08. The Hall–Kier alpha value is -1.06. The topological polar surface area (TPSA) is 24.9 Å². The summed E-state index contributed by atoms with van der Waals surface area (Å²) in [5, 5.41) is 6.13. The highest BCUT2D eigenvalue weighted by atomic mass is 35.5. The number of anilines is 1. The standard InChI is InChI=1S/C13H15ClN2S/c1-8-4-5-17-13(8)10(3)16-11-7-15-12(14)6-9(11)2/h4-7,10,16H,1-3H3. The molecule has 0 aliphatic heterocycles. The van der Waals surface area contributed by atoms with E-state index >= 15 is 0 Å². The van der Waals surface area contributed by atoms with Crippen molar-refractivity contribution in [2.24, 2.45) is 0 Å². The monoisotopic (exact) mass is 266 g/mol. The van der Waals surface area contributed by atoms with Crippen LogP contribution < -0.4 is 5.32 Å². The van der Waals surface area contributed by atoms with Gasteiger partial charge in [-0.3, -0.25) is 0 Å². The van der Waals surface area contributed by atoms with E-state index in [-0.39, 0.29) is 6.04 Å². The molecule has 90 valence electrons. The highest BCUT2D eigenvalue weighted by molar-refractivity contribution is 7.10. The largest absolute Gasteiger partial charge is 0.376 e. The van der Waals surface area contributed by atoms with Gasteiger partial charge in [0.05, 0.1) is 17.9 Å². The van der Waals surface area contributed by atoms with Gasteiger partial charge in [-0.1, -0.05) is 11.6 Å². The number of hydrogen-bond donors (Lipinski definition) is 1. The van der Waals surface area contributed by atoms with Gasteiger partial charge in [-0.05, 0) is 49.4 Å². The number of nitrogens with one attached hydrogen (secondary N) is 1. The van der Waals surface area contributed by atoms with Crippen LogP contribution in [0.5, 0.6) is 0 Å². The molecule has 0 amide bonds. The molecule has 0 aliphatic rings. The zero-order valence-electron chi connectivity index (χ0n) is 10.1. The highest BCUT2D eigenvalue weighted by Crippen LogP contribution is 2.28. The van der Waals surface area contributed by atoms with Crippen LogP contribution in [0.2, 0.25) is 5.15 Å². The molecule has 2 heterocycles. The molecule has 2 nitrogen and oxygen atoms in total. The van der Waals surface area contributed by atoms with E-state index in [0.717, 1.165) is 11.3 Å². The smallest absolute Gasteiger partial charge is 0.129 e. The second-order valence-electron chi connectivity index (χ2n) is 4.16. The summed E-state index contributed by atoms with van der Waals surface area (Å²) in [4.78, 5) is 5.46. The molecule has 0 fully saturated rings. The fraction of sp³-hybridized carbons (Fsp3) is 0.308. The number of aromatic nitrogens is 1. The number of rotatable bonds is 3. The van der Waals surface area contributed by atoms with Crippen molar-refractivity contribution in [2.45, 2.75) is 26.8 Å². The Morgan fingerprint density at radius 3 is 2.71 bits per heavy atom. The molecule has 0 spiro atoms. The molecule has 17 heavy (non-hydrogen) atoms. The molecular weight excluding hydrogens is 252 g/mol. The quantitative estimate of drug-likeness (QED) is 0.822. The van der Waals surface area contributed by atoms with Crippen LogP contribution in [0.25, 0.3) is 0 Å². The van der Waals surface area contributed by atoms with Crippen molar-refractivity contribution in [1.82, 2.24) is 4.98 Å². The molecule has 0 aromatic carbocycles. The summed E-state index contributed by atoms with van der Waals surface area (Å²) in [5.74, 6) is 0. The van der Waals surface area contributed by atoms with Gasteiger partial charge in [0.15, 0.2) is 0 Å². The SMILES string of the molecule is Cc1cc(Cl)ncc1NC(C)c1sccc1C. The van der Waals surface area contributed by atoms with Crippen molar-refractivity contribution in [2.75, 3.05) is 5.32 Å². The van der Waals surface area contributed by atoms with Gasteiger partial charge in [0, 0.05) is 4.88 Å². The normalized spacial score (nSPS) is 12.5. The summed E-state index contributed by atoms with van der Waals surface area (Å²) in [6, 6.07) is 4.31. The lowest BCUT2D eigenvalue weighted by molar-refractivity contribution is 0.894. The lowest BCUT2D eigenvalue weighted by atomic mass is 10.1. The van der Waals surface area contributed by atoms with E-state index < -0.39 is 0 Å². The zero-order valence-corrected chi connectivity index (χ0v) is 11.7. The number of thiophene rings is 1. The molecule has 0 bridgehead atoms. The molecule has 0 aliphatic carbocycles. The van der Waals surface area contributed by atoms with Crippen LogP contribution in [0.4, 0.5) is 5.69 Å². The van der Waals surface area contributed by atoms with E-state index in [2.05, 4.69) is 35.6 Å². The van der Waals surface area contributed by atoms with Gasteiger partial charge in [0.25, 0.3) is 0 Å². The lowest BCUT2D eigenvalue weighted by Gasteiger charge is -2.16. The van der Waals surface area contributed by atoms with E-state index in [0.29, 0.717) is 5.15 Å². The van der Waals surface area contributed by atoms with Crippen molar-refractivity contribution in [3.63, 3.8) is 0 Å². The van der Waals surface area contributed by atoms with Gasteiger partial charge < -0.3 is 5.32 Å². The van der Waals surface area contributed by atoms with Gasteiger partial charge >= 0.3 is 0 Å². The summed E-state index contributed by atoms with van der Waals surface area (Å²) in [6.45, 7) is 6.33. The summed E-state index contributed by atoms with van der Waals surface area (Å²) >= 11 is 7.62. The van der Waals surface area contributed by atoms with Crippen LogP contribution in [0, 0.1) is 13.8 Å². The van der Waals surface area contributed by atoms with Crippen LogP contribution in [-0.4, -0.2) is 4.98 Å². The molecule has 2 aromatic rings. The predicted molar refractivity (Wildman–Crippen MR) is 75.1 cm³/mol. The van der Waals surface area contributed by atoms with Gasteiger partial charge in [-0.15, -0.1) is 11.3 Å². The average molecular weight is 267 g/mol. The highest BCUT2D eigenvalue weighted by Gasteiger charge is 2.11. The van der Waals surface area contributed by atoms with Crippen LogP contribution in [0.1, 0.15) is 29.0 Å². The van der Waals surface area contributed by atoms with Gasteiger partial charge in [0.1, 0.15) is 5.15 Å². The summed E-state index contributed by atoms with van der Waals surface area (Å²) < 4.78 is 0. The second kappa shape index (κ2) is 5.07. The third-order valence-corrected chi connectivity index (χ3v) is 4.15. The summed E-state index contributed by atoms with van der Waals surface area (Å²) in [5.41, 5.74) is 3.48. The number of nitrogens with zero attached hydrogens (tertiary/aromatic N) is 1. The van der Waals surface area contributed by atoms with Crippen molar-refractivity contribution < 1.29 is 0 Å². The third kappa shape index (κ3) is 2.79. The molecule has 2 aromatic heterocycles. The first kappa shape index (κ1) is 12.4. The molecule has 0 radical (unpaired) electrons. The fourth-order valence-corrected chi connectivity index (χ4v) is 2.95. The third-order valence-electron chi connectivity index (χ3n) is 2.74. The molecule has 0 saturated carbocycles. The van der Waals surface area contributed by atoms with Crippen LogP contribution >= 0.6 is 22.9 Å². The minimum atomic E-state index is 0.289. The summed E-state index contributed by atoms with van der Waals surface area (Å²) in [7, 11) is 0. The maximum atomic E-state index is 5.84. The van der Waals surface area contributed by atoms with E-state index in [9.17, 15) is 0 Å². The molecule has 1 atom stereocenters. The Morgan fingerprint density at radius 2 is 2.12 bits per heavy atom. The van der Waals surface area contributed by atoms with E-state index in [1.807, 2.05) is 13.0 Å². The Bertz CT molecular complexity index is 522. The molecule has 4 heteroatoms. The van der Waals surface area contributed by atoms with Gasteiger partial charge in [-0.2, -0.15) is 0 Å². The lowest BCUT2D eigenvalue weighted by Crippen LogP contribution is -2.07. The van der Waals surface area contributed by atoms with Crippen molar-refractivity contribution >= 4 is 28.6 Å². The Kier molecular flexibility index (Phi) is 3.69. The average Bonchev–Trinajstić information content (AvgIpc) is 2.68. The van der Waals surface area contributed by atoms with Crippen LogP contribution in [-0.2, 0) is 0 Å². The van der Waals surface area contributed by atoms with E-state index in [1.54, 1.807) is 17.5 Å². The summed E-state index contributed by atoms with van der Waals surface area (Å²) in [6.07, 6.45) is 1.79. The van der Waals surface area contributed by atoms with Gasteiger partial charge in [-0.25, -0.2) is 4.98 Å². The predicted octanol–water partition coefficient (Wildman–Crippen LogP) is 4.59. The zero-order chi connectivity index (χ0) is 12.4. The molecular formula is C13H15ClN2S. The van der Waals surface area contributed by atoms with Gasteiger partial charge in [0.2, 0.25) is 0 Å². The van der Waals surface area contributed by atoms with E-state index in [1.165, 1.54) is 10.4 Å². The molecule has 2 rings (SSSR count). The number of hydrogen-bond acceptors (Lipinski definition) is 3. The Labute approximate surface area is 111 Å². The Morgan fingerprint density at radius 1 is 1.35 bits per heavy atom. The maximum absolute atomic E-state index is 5.84. The van der Waals surface area contributed by atoms with Crippen LogP contribution in [0.15, 0.2) is 23.7 Å². The van der Waals surface area contributed by atoms with E-state index in [4.69, 9.17) is 11.6 Å². The van der Waals surface area contributed by atoms with Crippen molar-refractivity contribution in [1.29, 1.82) is 0 Å². The molecule has 1 unspecified atom stereocenters. The number of aryl methyl sites for hydroxylation is 2. The first-order valence-corrected chi connectivity index (χ1v) is 6.76. The maximum Gasteiger partial charge on any atom is 0.129 e. The van der Waals surface area contributed by atoms with Crippen LogP contribution in [0.3, 0.4) is 0 Å². The molecule has 0 saturated heterocycles. The minimum absolute atomic E-state index is 0.289. The fourth-order valence-electron chi connectivity index (χ4n) is 1.80. The number of halogens is 1. The minimum Gasteiger partial charge on any atom is -0.376 e. The number of pyridine rings is 1. The van der Waals surface area contributed by atoms with Crippen molar-refractivity contribution in [3.8, 4) is 0 Å². The Balaban J connectivity index is 2.19. The first-order valence-electron chi connectivity index (χ1n) is 5.50. The van der Waals surface area contributed by atoms with Crippen molar-refractivity contribution in [3.05, 3.63) is 44.9 Å².